The third-order valence-electron chi connectivity index (χ3n) is 6.31. The summed E-state index contributed by atoms with van der Waals surface area (Å²) in [6, 6.07) is 13.5. The number of methoxy groups -OCH3 is 1. The molecule has 10 heteroatoms. The summed E-state index contributed by atoms with van der Waals surface area (Å²) in [5, 5.41) is 19.1. The van der Waals surface area contributed by atoms with Crippen molar-refractivity contribution < 1.29 is 19.2 Å². The Hall–Kier alpha value is -4.21. The van der Waals surface area contributed by atoms with Crippen molar-refractivity contribution in [2.45, 2.75) is 53.4 Å². The molecule has 1 N–H and O–H groups in total. The van der Waals surface area contributed by atoms with E-state index in [0.717, 1.165) is 11.4 Å². The molecule has 3 aromatic rings. The highest BCUT2D eigenvalue weighted by atomic mass is 16.6. The standard InChI is InChI=1S/C29H37N5O5/c1-19(2)14-15-32(28(36)21-9-8-20(3)24(16-21)34(37)38)18-27(35)30-26-17-25(29(4,5)6)31-33(26)22-10-12-23(39-7)13-11-22/h8-13,16-17,19H,14-15,18H2,1-7H3,(H,30,35). The van der Waals surface area contributed by atoms with Gasteiger partial charge >= 0.3 is 0 Å². The molecular formula is C29H37N5O5. The van der Waals surface area contributed by atoms with E-state index in [1.165, 1.54) is 11.0 Å². The summed E-state index contributed by atoms with van der Waals surface area (Å²) >= 11 is 0. The fourth-order valence-corrected chi connectivity index (χ4v) is 3.90. The normalized spacial score (nSPS) is 11.4. The first-order valence-electron chi connectivity index (χ1n) is 12.9. The van der Waals surface area contributed by atoms with Gasteiger partial charge in [0.25, 0.3) is 11.6 Å². The number of nitro benzene ring substituents is 1. The number of benzene rings is 2. The van der Waals surface area contributed by atoms with Gasteiger partial charge in [0.2, 0.25) is 5.91 Å². The van der Waals surface area contributed by atoms with Crippen LogP contribution in [-0.2, 0) is 10.2 Å². The van der Waals surface area contributed by atoms with Crippen LogP contribution in [0.4, 0.5) is 11.5 Å². The van der Waals surface area contributed by atoms with Crippen LogP contribution in [0.2, 0.25) is 0 Å². The van der Waals surface area contributed by atoms with Crippen LogP contribution in [0.15, 0.2) is 48.5 Å². The average molecular weight is 536 g/mol. The van der Waals surface area contributed by atoms with Crippen molar-refractivity contribution >= 4 is 23.3 Å². The Morgan fingerprint density at radius 3 is 2.36 bits per heavy atom. The van der Waals surface area contributed by atoms with Gasteiger partial charge in [-0.1, -0.05) is 40.7 Å². The van der Waals surface area contributed by atoms with E-state index in [1.807, 2.05) is 65.0 Å². The van der Waals surface area contributed by atoms with E-state index in [1.54, 1.807) is 30.8 Å². The first-order valence-corrected chi connectivity index (χ1v) is 12.9. The minimum Gasteiger partial charge on any atom is -0.497 e. The minimum absolute atomic E-state index is 0.132. The zero-order valence-corrected chi connectivity index (χ0v) is 23.6. The summed E-state index contributed by atoms with van der Waals surface area (Å²) < 4.78 is 6.91. The quantitative estimate of drug-likeness (QED) is 0.270. The molecule has 39 heavy (non-hydrogen) atoms. The fourth-order valence-electron chi connectivity index (χ4n) is 3.90. The zero-order chi connectivity index (χ0) is 28.9. The third-order valence-corrected chi connectivity index (χ3v) is 6.31. The fraction of sp³-hybridized carbons (Fsp3) is 0.414. The van der Waals surface area contributed by atoms with E-state index in [0.29, 0.717) is 36.0 Å². The van der Waals surface area contributed by atoms with Crippen molar-refractivity contribution in [2.24, 2.45) is 5.92 Å². The van der Waals surface area contributed by atoms with Gasteiger partial charge in [0.1, 0.15) is 18.1 Å². The van der Waals surface area contributed by atoms with E-state index in [2.05, 4.69) is 5.32 Å². The first-order chi connectivity index (χ1) is 18.3. The van der Waals surface area contributed by atoms with Gasteiger partial charge < -0.3 is 15.0 Å². The van der Waals surface area contributed by atoms with E-state index in [-0.39, 0.29) is 23.2 Å². The highest BCUT2D eigenvalue weighted by molar-refractivity contribution is 5.99. The number of rotatable bonds is 10. The van der Waals surface area contributed by atoms with E-state index in [4.69, 9.17) is 9.84 Å². The molecule has 2 amide bonds. The minimum atomic E-state index is -0.510. The van der Waals surface area contributed by atoms with Gasteiger partial charge in [0.15, 0.2) is 0 Å². The van der Waals surface area contributed by atoms with Crippen molar-refractivity contribution in [2.75, 3.05) is 25.5 Å². The number of aromatic nitrogens is 2. The van der Waals surface area contributed by atoms with Gasteiger partial charge in [0, 0.05) is 35.2 Å². The van der Waals surface area contributed by atoms with E-state index < -0.39 is 16.7 Å². The lowest BCUT2D eigenvalue weighted by Crippen LogP contribution is -2.39. The Morgan fingerprint density at radius 2 is 1.79 bits per heavy atom. The lowest BCUT2D eigenvalue weighted by Gasteiger charge is -2.23. The number of nitrogens with one attached hydrogen (secondary N) is 1. The van der Waals surface area contributed by atoms with Crippen LogP contribution in [0.5, 0.6) is 5.75 Å². The zero-order valence-electron chi connectivity index (χ0n) is 23.6. The Morgan fingerprint density at radius 1 is 1.13 bits per heavy atom. The molecule has 0 aliphatic heterocycles. The van der Waals surface area contributed by atoms with E-state index >= 15 is 0 Å². The molecule has 208 valence electrons. The van der Waals surface area contributed by atoms with Gasteiger partial charge in [-0.15, -0.1) is 0 Å². The number of hydrogen-bond acceptors (Lipinski definition) is 6. The number of nitrogens with zero attached hydrogens (tertiary/aromatic N) is 4. The number of carbonyl (C=O) groups excluding carboxylic acids is 2. The molecular weight excluding hydrogens is 498 g/mol. The Balaban J connectivity index is 1.90. The number of amides is 2. The van der Waals surface area contributed by atoms with Gasteiger partial charge in [-0.2, -0.15) is 5.10 Å². The van der Waals surface area contributed by atoms with Crippen LogP contribution in [0.3, 0.4) is 0 Å². The molecule has 0 unspecified atom stereocenters. The molecule has 0 atom stereocenters. The monoisotopic (exact) mass is 535 g/mol. The third kappa shape index (κ3) is 7.43. The summed E-state index contributed by atoms with van der Waals surface area (Å²) in [5.74, 6) is 0.624. The highest BCUT2D eigenvalue weighted by Crippen LogP contribution is 2.27. The summed E-state index contributed by atoms with van der Waals surface area (Å²) in [7, 11) is 1.59. The predicted molar refractivity (Wildman–Crippen MR) is 151 cm³/mol. The molecule has 1 heterocycles. The average Bonchev–Trinajstić information content (AvgIpc) is 3.30. The summed E-state index contributed by atoms with van der Waals surface area (Å²) in [5.41, 5.74) is 1.75. The summed E-state index contributed by atoms with van der Waals surface area (Å²) in [4.78, 5) is 39.1. The first kappa shape index (κ1) is 29.3. The van der Waals surface area contributed by atoms with Crippen molar-refractivity contribution in [3.8, 4) is 11.4 Å². The smallest absolute Gasteiger partial charge is 0.273 e. The van der Waals surface area contributed by atoms with Crippen molar-refractivity contribution in [1.82, 2.24) is 14.7 Å². The molecule has 0 fully saturated rings. The lowest BCUT2D eigenvalue weighted by molar-refractivity contribution is -0.385. The maximum atomic E-state index is 13.4. The van der Waals surface area contributed by atoms with E-state index in [9.17, 15) is 19.7 Å². The second-order valence-electron chi connectivity index (χ2n) is 11.0. The van der Waals surface area contributed by atoms with Crippen LogP contribution >= 0.6 is 0 Å². The second kappa shape index (κ2) is 12.1. The summed E-state index contributed by atoms with van der Waals surface area (Å²) in [6.45, 7) is 11.9. The molecule has 0 aliphatic carbocycles. The molecule has 1 aromatic heterocycles. The Kier molecular flexibility index (Phi) is 9.11. The molecule has 3 rings (SSSR count). The van der Waals surface area contributed by atoms with Gasteiger partial charge in [-0.25, -0.2) is 4.68 Å². The highest BCUT2D eigenvalue weighted by Gasteiger charge is 2.25. The van der Waals surface area contributed by atoms with Crippen molar-refractivity contribution in [3.63, 3.8) is 0 Å². The number of hydrogen-bond donors (Lipinski definition) is 1. The molecule has 0 spiro atoms. The van der Waals surface area contributed by atoms with Crippen LogP contribution < -0.4 is 10.1 Å². The molecule has 0 radical (unpaired) electrons. The number of nitro groups is 1. The molecule has 0 bridgehead atoms. The van der Waals surface area contributed by atoms with Gasteiger partial charge in [0.05, 0.1) is 23.4 Å². The molecule has 0 saturated carbocycles. The predicted octanol–water partition coefficient (Wildman–Crippen LogP) is 5.52. The molecule has 2 aromatic carbocycles. The maximum Gasteiger partial charge on any atom is 0.273 e. The molecule has 0 aliphatic rings. The lowest BCUT2D eigenvalue weighted by atomic mass is 9.92. The Bertz CT molecular complexity index is 1340. The topological polar surface area (TPSA) is 120 Å². The van der Waals surface area contributed by atoms with Crippen LogP contribution in [0.25, 0.3) is 5.69 Å². The molecule has 0 saturated heterocycles. The number of aryl methyl sites for hydroxylation is 1. The Labute approximate surface area is 229 Å². The van der Waals surface area contributed by atoms with Crippen molar-refractivity contribution in [1.29, 1.82) is 0 Å². The van der Waals surface area contributed by atoms with Crippen LogP contribution in [0.1, 0.15) is 62.7 Å². The van der Waals surface area contributed by atoms with Gasteiger partial charge in [-0.05, 0) is 49.6 Å². The van der Waals surface area contributed by atoms with Crippen molar-refractivity contribution in [3.05, 3.63) is 75.5 Å². The summed E-state index contributed by atoms with van der Waals surface area (Å²) in [6.07, 6.45) is 0.672. The van der Waals surface area contributed by atoms with Crippen LogP contribution in [0, 0.1) is 23.0 Å². The largest absolute Gasteiger partial charge is 0.497 e. The number of carbonyl (C=O) groups is 2. The maximum absolute atomic E-state index is 13.4. The van der Waals surface area contributed by atoms with Crippen LogP contribution in [-0.4, -0.2) is 51.6 Å². The number of ether oxygens (including phenoxy) is 1. The number of anilines is 1. The van der Waals surface area contributed by atoms with Gasteiger partial charge in [-0.3, -0.25) is 19.7 Å². The SMILES string of the molecule is COc1ccc(-n2nc(C(C)(C)C)cc2NC(=O)CN(CCC(C)C)C(=O)c2ccc(C)c([N+](=O)[O-])c2)cc1. The molecule has 10 nitrogen and oxygen atoms in total. The second-order valence-corrected chi connectivity index (χ2v) is 11.0.